The van der Waals surface area contributed by atoms with Gasteiger partial charge in [0.15, 0.2) is 0 Å². The molecule has 0 aliphatic heterocycles. The molecular formula is C5H9NO3. The van der Waals surface area contributed by atoms with Crippen molar-refractivity contribution in [3.8, 4) is 0 Å². The minimum Gasteiger partial charge on any atom is -0.458 e. The molecule has 3 N–H and O–H groups in total. The topological polar surface area (TPSA) is 72.5 Å². The number of hydrogen-bond acceptors (Lipinski definition) is 4. The largest absolute Gasteiger partial charge is 0.458 e. The van der Waals surface area contributed by atoms with E-state index in [-0.39, 0.29) is 6.61 Å². The summed E-state index contributed by atoms with van der Waals surface area (Å²) < 4.78 is 4.32. The first kappa shape index (κ1) is 8.13. The molecule has 0 spiro atoms. The Bertz CT molecular complexity index is 111. The van der Waals surface area contributed by atoms with Crippen LogP contribution in [-0.2, 0) is 9.53 Å². The average Bonchev–Trinajstić information content (AvgIpc) is 1.83. The summed E-state index contributed by atoms with van der Waals surface area (Å²) in [5.74, 6) is -0.584. The maximum absolute atomic E-state index is 10.2. The van der Waals surface area contributed by atoms with Crippen molar-refractivity contribution in [2.45, 2.75) is 6.23 Å². The van der Waals surface area contributed by atoms with Gasteiger partial charge in [-0.05, 0) is 0 Å². The van der Waals surface area contributed by atoms with Crippen molar-refractivity contribution in [1.29, 1.82) is 0 Å². The van der Waals surface area contributed by atoms with Crippen LogP contribution >= 0.6 is 0 Å². The Balaban J connectivity index is 3.27. The summed E-state index contributed by atoms with van der Waals surface area (Å²) in [4.78, 5) is 10.2. The molecule has 0 rings (SSSR count). The number of nitrogens with two attached hydrogens (primary N) is 1. The minimum atomic E-state index is -1.10. The highest BCUT2D eigenvalue weighted by Gasteiger charge is 1.98. The maximum atomic E-state index is 10.2. The number of ether oxygens (including phenoxy) is 1. The van der Waals surface area contributed by atoms with Gasteiger partial charge in [0.25, 0.3) is 0 Å². The van der Waals surface area contributed by atoms with Crippen molar-refractivity contribution in [3.05, 3.63) is 12.7 Å². The van der Waals surface area contributed by atoms with Gasteiger partial charge in [-0.3, -0.25) is 0 Å². The summed E-state index contributed by atoms with van der Waals surface area (Å²) in [7, 11) is 0. The van der Waals surface area contributed by atoms with Crippen LogP contribution in [0.1, 0.15) is 0 Å². The van der Waals surface area contributed by atoms with Crippen molar-refractivity contribution in [2.24, 2.45) is 5.73 Å². The highest BCUT2D eigenvalue weighted by atomic mass is 16.5. The van der Waals surface area contributed by atoms with Gasteiger partial charge in [-0.15, -0.1) is 0 Å². The molecule has 0 aliphatic carbocycles. The van der Waals surface area contributed by atoms with Crippen LogP contribution in [-0.4, -0.2) is 23.9 Å². The van der Waals surface area contributed by atoms with E-state index >= 15 is 0 Å². The van der Waals surface area contributed by atoms with Gasteiger partial charge in [-0.1, -0.05) is 6.58 Å². The predicted molar refractivity (Wildman–Crippen MR) is 31.4 cm³/mol. The van der Waals surface area contributed by atoms with Crippen molar-refractivity contribution >= 4 is 5.97 Å². The summed E-state index contributed by atoms with van der Waals surface area (Å²) in [6, 6.07) is 0. The van der Waals surface area contributed by atoms with Crippen LogP contribution in [0.25, 0.3) is 0 Å². The Morgan fingerprint density at radius 1 is 2.00 bits per heavy atom. The second-order valence-corrected chi connectivity index (χ2v) is 1.40. The van der Waals surface area contributed by atoms with Crippen LogP contribution in [0.3, 0.4) is 0 Å². The number of carbonyl (C=O) groups excluding carboxylic acids is 1. The van der Waals surface area contributed by atoms with E-state index in [0.29, 0.717) is 0 Å². The van der Waals surface area contributed by atoms with E-state index in [1.165, 1.54) is 0 Å². The van der Waals surface area contributed by atoms with Gasteiger partial charge in [0.2, 0.25) is 0 Å². The first-order valence-electron chi connectivity index (χ1n) is 2.39. The van der Waals surface area contributed by atoms with Crippen LogP contribution in [0.5, 0.6) is 0 Å². The Labute approximate surface area is 52.9 Å². The number of rotatable bonds is 3. The van der Waals surface area contributed by atoms with E-state index in [9.17, 15) is 4.79 Å². The SMILES string of the molecule is C=CC(=O)OCC(N)O. The molecular weight excluding hydrogens is 122 g/mol. The average molecular weight is 131 g/mol. The normalized spacial score (nSPS) is 12.2. The summed E-state index contributed by atoms with van der Waals surface area (Å²) in [6.07, 6.45) is -0.101. The Morgan fingerprint density at radius 2 is 2.56 bits per heavy atom. The second kappa shape index (κ2) is 4.05. The molecule has 0 aromatic carbocycles. The first-order valence-corrected chi connectivity index (χ1v) is 2.39. The van der Waals surface area contributed by atoms with Crippen molar-refractivity contribution in [2.75, 3.05) is 6.61 Å². The number of aliphatic hydroxyl groups excluding tert-OH is 1. The first-order chi connectivity index (χ1) is 4.16. The summed E-state index contributed by atoms with van der Waals surface area (Å²) in [5, 5.41) is 8.36. The number of carbonyl (C=O) groups is 1. The van der Waals surface area contributed by atoms with E-state index in [2.05, 4.69) is 11.3 Å². The molecule has 0 saturated heterocycles. The van der Waals surface area contributed by atoms with Gasteiger partial charge in [0.1, 0.15) is 12.8 Å². The third-order valence-electron chi connectivity index (χ3n) is 0.563. The second-order valence-electron chi connectivity index (χ2n) is 1.40. The highest BCUT2D eigenvalue weighted by Crippen LogP contribution is 1.79. The van der Waals surface area contributed by atoms with Gasteiger partial charge in [-0.25, -0.2) is 4.79 Å². The van der Waals surface area contributed by atoms with Crippen molar-refractivity contribution in [1.82, 2.24) is 0 Å². The molecule has 0 saturated carbocycles. The standard InChI is InChI=1S/C5H9NO3/c1-2-5(8)9-3-4(6)7/h2,4,7H,1,3,6H2. The number of esters is 1. The summed E-state index contributed by atoms with van der Waals surface area (Å²) >= 11 is 0. The zero-order chi connectivity index (χ0) is 7.28. The molecule has 52 valence electrons. The van der Waals surface area contributed by atoms with Crippen molar-refractivity contribution < 1.29 is 14.6 Å². The van der Waals surface area contributed by atoms with Crippen LogP contribution < -0.4 is 5.73 Å². The molecule has 1 atom stereocenters. The molecule has 0 aromatic heterocycles. The third-order valence-corrected chi connectivity index (χ3v) is 0.563. The lowest BCUT2D eigenvalue weighted by atomic mass is 10.6. The van der Waals surface area contributed by atoms with Crippen LogP contribution in [0, 0.1) is 0 Å². The van der Waals surface area contributed by atoms with Gasteiger partial charge in [-0.2, -0.15) is 0 Å². The van der Waals surface area contributed by atoms with Crippen LogP contribution in [0.4, 0.5) is 0 Å². The Hall–Kier alpha value is -0.870. The van der Waals surface area contributed by atoms with Crippen LogP contribution in [0.2, 0.25) is 0 Å². The van der Waals surface area contributed by atoms with E-state index in [4.69, 9.17) is 10.8 Å². The fraction of sp³-hybridized carbons (Fsp3) is 0.400. The number of hydrogen-bond donors (Lipinski definition) is 2. The van der Waals surface area contributed by atoms with E-state index in [1.807, 2.05) is 0 Å². The smallest absolute Gasteiger partial charge is 0.330 e. The molecule has 0 radical (unpaired) electrons. The molecule has 4 heteroatoms. The zero-order valence-corrected chi connectivity index (χ0v) is 4.91. The fourth-order valence-electron chi connectivity index (χ4n) is 0.226. The molecule has 0 aliphatic rings. The fourth-order valence-corrected chi connectivity index (χ4v) is 0.226. The van der Waals surface area contributed by atoms with Crippen LogP contribution in [0.15, 0.2) is 12.7 Å². The molecule has 1 unspecified atom stereocenters. The monoisotopic (exact) mass is 131 g/mol. The minimum absolute atomic E-state index is 0.190. The summed E-state index contributed by atoms with van der Waals surface area (Å²) in [5.41, 5.74) is 4.84. The van der Waals surface area contributed by atoms with E-state index in [1.54, 1.807) is 0 Å². The van der Waals surface area contributed by atoms with Gasteiger partial charge >= 0.3 is 5.97 Å². The molecule has 0 bridgehead atoms. The maximum Gasteiger partial charge on any atom is 0.330 e. The molecule has 4 nitrogen and oxygen atoms in total. The third kappa shape index (κ3) is 4.99. The lowest BCUT2D eigenvalue weighted by molar-refractivity contribution is -0.140. The Morgan fingerprint density at radius 3 is 2.89 bits per heavy atom. The predicted octanol–water partition coefficient (Wildman–Crippen LogP) is -1.01. The van der Waals surface area contributed by atoms with Crippen molar-refractivity contribution in [3.63, 3.8) is 0 Å². The lowest BCUT2D eigenvalue weighted by Crippen LogP contribution is -2.26. The van der Waals surface area contributed by atoms with Gasteiger partial charge in [0.05, 0.1) is 0 Å². The van der Waals surface area contributed by atoms with E-state index in [0.717, 1.165) is 6.08 Å². The van der Waals surface area contributed by atoms with Gasteiger partial charge < -0.3 is 15.6 Å². The summed E-state index contributed by atoms with van der Waals surface area (Å²) in [6.45, 7) is 2.95. The Kier molecular flexibility index (Phi) is 3.66. The zero-order valence-electron chi connectivity index (χ0n) is 4.91. The molecule has 0 heterocycles. The number of aliphatic hydroxyl groups is 1. The van der Waals surface area contributed by atoms with Gasteiger partial charge in [0, 0.05) is 6.08 Å². The highest BCUT2D eigenvalue weighted by molar-refractivity contribution is 5.81. The quantitative estimate of drug-likeness (QED) is 0.292. The van der Waals surface area contributed by atoms with E-state index < -0.39 is 12.2 Å². The molecule has 0 fully saturated rings. The molecule has 0 aromatic rings. The molecule has 0 amide bonds. The molecule has 9 heavy (non-hydrogen) atoms. The lowest BCUT2D eigenvalue weighted by Gasteiger charge is -2.02.